The van der Waals surface area contributed by atoms with Gasteiger partial charge in [0, 0.05) is 0 Å². The van der Waals surface area contributed by atoms with Gasteiger partial charge in [-0.15, -0.1) is 0 Å². The summed E-state index contributed by atoms with van der Waals surface area (Å²) in [7, 11) is 0. The van der Waals surface area contributed by atoms with Crippen LogP contribution in [0, 0.1) is 0 Å². The molecule has 0 unspecified atom stereocenters. The van der Waals surface area contributed by atoms with E-state index in [-0.39, 0.29) is 9.23 Å². The Hall–Kier alpha value is -1.68. The Labute approximate surface area is 106 Å². The molecule has 0 aliphatic heterocycles. The molecule has 0 bridgehead atoms. The van der Waals surface area contributed by atoms with E-state index in [1.807, 2.05) is 36.4 Å². The van der Waals surface area contributed by atoms with Crippen molar-refractivity contribution in [2.24, 2.45) is 0 Å². The monoisotopic (exact) mass is 284 g/mol. The standard InChI is InChI=1S/C14H10GeO2/c16-13(11-7-3-1-4-8-11)15-14(17)12-9-5-2-6-10-12/h1-10H. The van der Waals surface area contributed by atoms with Gasteiger partial charge in [0.25, 0.3) is 0 Å². The van der Waals surface area contributed by atoms with Gasteiger partial charge >= 0.3 is 106 Å². The topological polar surface area (TPSA) is 34.1 Å². The summed E-state index contributed by atoms with van der Waals surface area (Å²) in [6.45, 7) is 0. The molecule has 17 heavy (non-hydrogen) atoms. The van der Waals surface area contributed by atoms with Crippen molar-refractivity contribution >= 4 is 24.7 Å². The summed E-state index contributed by atoms with van der Waals surface area (Å²) < 4.78 is -0.0288. The van der Waals surface area contributed by atoms with Gasteiger partial charge in [-0.25, -0.2) is 0 Å². The molecule has 2 aromatic carbocycles. The van der Waals surface area contributed by atoms with Gasteiger partial charge < -0.3 is 0 Å². The fourth-order valence-corrected chi connectivity index (χ4v) is 3.16. The van der Waals surface area contributed by atoms with Crippen molar-refractivity contribution in [2.75, 3.05) is 0 Å². The van der Waals surface area contributed by atoms with Gasteiger partial charge in [0.15, 0.2) is 0 Å². The first-order chi connectivity index (χ1) is 8.27. The molecular weight excluding hydrogens is 273 g/mol. The Morgan fingerprint density at radius 2 is 1.00 bits per heavy atom. The van der Waals surface area contributed by atoms with Gasteiger partial charge in [0.1, 0.15) is 0 Å². The van der Waals surface area contributed by atoms with E-state index in [1.165, 1.54) is 0 Å². The van der Waals surface area contributed by atoms with Crippen LogP contribution in [0.5, 0.6) is 0 Å². The second-order valence-electron chi connectivity index (χ2n) is 3.52. The van der Waals surface area contributed by atoms with E-state index in [1.54, 1.807) is 24.3 Å². The summed E-state index contributed by atoms with van der Waals surface area (Å²) in [6.07, 6.45) is 0. The van der Waals surface area contributed by atoms with Crippen LogP contribution in [-0.2, 0) is 0 Å². The third-order valence-corrected chi connectivity index (χ3v) is 4.46. The van der Waals surface area contributed by atoms with Gasteiger partial charge in [-0.3, -0.25) is 0 Å². The Kier molecular flexibility index (Phi) is 3.88. The number of benzene rings is 2. The third-order valence-electron chi connectivity index (χ3n) is 2.30. The first-order valence-electron chi connectivity index (χ1n) is 5.23. The molecule has 0 heterocycles. The summed E-state index contributed by atoms with van der Waals surface area (Å²) in [5.74, 6) is 0. The molecule has 0 saturated heterocycles. The minimum absolute atomic E-state index is 0.0144. The molecule has 2 nitrogen and oxygen atoms in total. The molecule has 0 saturated carbocycles. The molecule has 0 spiro atoms. The zero-order valence-corrected chi connectivity index (χ0v) is 11.2. The van der Waals surface area contributed by atoms with Crippen LogP contribution in [0.4, 0.5) is 0 Å². The zero-order chi connectivity index (χ0) is 12.1. The average molecular weight is 283 g/mol. The quantitative estimate of drug-likeness (QED) is 0.807. The molecule has 0 fully saturated rings. The minimum atomic E-state index is -1.28. The van der Waals surface area contributed by atoms with E-state index >= 15 is 0 Å². The molecule has 2 radical (unpaired) electrons. The van der Waals surface area contributed by atoms with Crippen LogP contribution in [0.3, 0.4) is 0 Å². The summed E-state index contributed by atoms with van der Waals surface area (Å²) >= 11 is -1.28. The summed E-state index contributed by atoms with van der Waals surface area (Å²) in [5.41, 5.74) is 1.27. The molecule has 0 aliphatic carbocycles. The van der Waals surface area contributed by atoms with Crippen molar-refractivity contribution in [1.29, 1.82) is 0 Å². The summed E-state index contributed by atoms with van der Waals surface area (Å²) in [6, 6.07) is 18.0. The molecule has 0 amide bonds. The normalized spacial score (nSPS) is 9.88. The van der Waals surface area contributed by atoms with Crippen molar-refractivity contribution in [3.63, 3.8) is 0 Å². The number of hydrogen-bond acceptors (Lipinski definition) is 2. The molecule has 0 aliphatic rings. The van der Waals surface area contributed by atoms with Crippen LogP contribution in [0.25, 0.3) is 0 Å². The van der Waals surface area contributed by atoms with Crippen LogP contribution in [0.2, 0.25) is 0 Å². The predicted octanol–water partition coefficient (Wildman–Crippen LogP) is 2.37. The molecule has 82 valence electrons. The molecule has 3 heteroatoms. The second kappa shape index (κ2) is 5.59. The van der Waals surface area contributed by atoms with Gasteiger partial charge in [-0.2, -0.15) is 0 Å². The Balaban J connectivity index is 2.08. The number of rotatable bonds is 4. The first kappa shape index (κ1) is 11.8. The SMILES string of the molecule is O=[C]([Ge][C](=O)c1ccccc1)c1ccccc1. The molecule has 0 atom stereocenters. The third kappa shape index (κ3) is 3.14. The van der Waals surface area contributed by atoms with Gasteiger partial charge in [0.2, 0.25) is 0 Å². The van der Waals surface area contributed by atoms with Gasteiger partial charge in [-0.05, 0) is 0 Å². The van der Waals surface area contributed by atoms with Crippen molar-refractivity contribution in [2.45, 2.75) is 0 Å². The molecule has 2 aromatic rings. The van der Waals surface area contributed by atoms with Crippen molar-refractivity contribution in [1.82, 2.24) is 0 Å². The Morgan fingerprint density at radius 1 is 0.647 bits per heavy atom. The van der Waals surface area contributed by atoms with Gasteiger partial charge in [0.05, 0.1) is 0 Å². The van der Waals surface area contributed by atoms with Crippen LogP contribution >= 0.6 is 0 Å². The number of carbonyl (C=O) groups excluding carboxylic acids is 2. The number of hydrogen-bond donors (Lipinski definition) is 0. The van der Waals surface area contributed by atoms with E-state index in [9.17, 15) is 9.59 Å². The van der Waals surface area contributed by atoms with Gasteiger partial charge in [-0.1, -0.05) is 0 Å². The van der Waals surface area contributed by atoms with Crippen molar-refractivity contribution in [3.8, 4) is 0 Å². The molecule has 2 rings (SSSR count). The van der Waals surface area contributed by atoms with Crippen LogP contribution < -0.4 is 0 Å². The molecular formula is C14H10GeO2. The van der Waals surface area contributed by atoms with Crippen LogP contribution in [0.1, 0.15) is 20.7 Å². The average Bonchev–Trinajstić information content (AvgIpc) is 2.40. The van der Waals surface area contributed by atoms with E-state index in [2.05, 4.69) is 0 Å². The maximum absolute atomic E-state index is 11.9. The fraction of sp³-hybridized carbons (Fsp3) is 0. The van der Waals surface area contributed by atoms with Crippen molar-refractivity contribution < 1.29 is 9.59 Å². The van der Waals surface area contributed by atoms with E-state index in [0.29, 0.717) is 11.1 Å². The predicted molar refractivity (Wildman–Crippen MR) is 67.3 cm³/mol. The Morgan fingerprint density at radius 3 is 1.35 bits per heavy atom. The van der Waals surface area contributed by atoms with E-state index < -0.39 is 15.4 Å². The maximum atomic E-state index is 11.9. The first-order valence-corrected chi connectivity index (χ1v) is 7.33. The second-order valence-corrected chi connectivity index (χ2v) is 5.95. The van der Waals surface area contributed by atoms with E-state index in [0.717, 1.165) is 0 Å². The zero-order valence-electron chi connectivity index (χ0n) is 9.09. The van der Waals surface area contributed by atoms with Crippen LogP contribution in [0.15, 0.2) is 60.7 Å². The molecule has 0 aromatic heterocycles. The Bertz CT molecular complexity index is 471. The number of carbonyl (C=O) groups is 2. The molecule has 0 N–H and O–H groups in total. The summed E-state index contributed by atoms with van der Waals surface area (Å²) in [4.78, 5) is 23.7. The fourth-order valence-electron chi connectivity index (χ4n) is 1.43. The summed E-state index contributed by atoms with van der Waals surface area (Å²) in [5, 5.41) is 0. The van der Waals surface area contributed by atoms with E-state index in [4.69, 9.17) is 0 Å². The van der Waals surface area contributed by atoms with Crippen molar-refractivity contribution in [3.05, 3.63) is 71.8 Å². The van der Waals surface area contributed by atoms with Crippen LogP contribution in [-0.4, -0.2) is 24.7 Å².